The molecule has 0 radical (unpaired) electrons. The number of fused-ring (bicyclic) bond motifs is 1. The summed E-state index contributed by atoms with van der Waals surface area (Å²) < 4.78 is 6.04. The van der Waals surface area contributed by atoms with Crippen LogP contribution in [0.2, 0.25) is 0 Å². The summed E-state index contributed by atoms with van der Waals surface area (Å²) in [6, 6.07) is 3.98. The van der Waals surface area contributed by atoms with Crippen molar-refractivity contribution < 1.29 is 9.53 Å². The van der Waals surface area contributed by atoms with Crippen LogP contribution in [0.5, 0.6) is 0 Å². The summed E-state index contributed by atoms with van der Waals surface area (Å²) in [6.45, 7) is 3.65. The van der Waals surface area contributed by atoms with Gasteiger partial charge in [0.25, 0.3) is 0 Å². The van der Waals surface area contributed by atoms with E-state index in [0.717, 1.165) is 25.3 Å². The molecule has 5 heteroatoms. The number of hydrogen-bond acceptors (Lipinski definition) is 4. The maximum Gasteiger partial charge on any atom is 0.236 e. The second-order valence-corrected chi connectivity index (χ2v) is 7.31. The summed E-state index contributed by atoms with van der Waals surface area (Å²) in [6.07, 6.45) is 7.27. The molecule has 1 saturated carbocycles. The van der Waals surface area contributed by atoms with Gasteiger partial charge in [0.05, 0.1) is 19.8 Å². The highest BCUT2D eigenvalue weighted by atomic mass is 16.5. The highest BCUT2D eigenvalue weighted by Gasteiger charge is 2.50. The van der Waals surface area contributed by atoms with Crippen molar-refractivity contribution in [3.8, 4) is 0 Å². The number of likely N-dealkylation sites (tertiary alicyclic amines) is 1. The molecule has 2 aliphatic rings. The first-order chi connectivity index (χ1) is 11.1. The van der Waals surface area contributed by atoms with E-state index in [1.807, 2.05) is 31.1 Å². The number of carbonyl (C=O) groups is 1. The zero-order valence-corrected chi connectivity index (χ0v) is 14.2. The molecule has 0 N–H and O–H groups in total. The molecule has 1 aliphatic carbocycles. The van der Waals surface area contributed by atoms with Crippen LogP contribution >= 0.6 is 0 Å². The molecule has 2 fully saturated rings. The number of likely N-dealkylation sites (N-methyl/N-ethyl adjacent to an activating group) is 1. The Kier molecular flexibility index (Phi) is 4.97. The summed E-state index contributed by atoms with van der Waals surface area (Å²) in [7, 11) is 3.89. The van der Waals surface area contributed by atoms with E-state index >= 15 is 0 Å². The van der Waals surface area contributed by atoms with Crippen LogP contribution in [-0.2, 0) is 16.1 Å². The number of aromatic nitrogens is 1. The maximum absolute atomic E-state index is 12.4. The molecule has 2 atom stereocenters. The van der Waals surface area contributed by atoms with E-state index in [1.165, 1.54) is 19.3 Å². The zero-order valence-electron chi connectivity index (χ0n) is 14.2. The first-order valence-corrected chi connectivity index (χ1v) is 8.48. The van der Waals surface area contributed by atoms with Gasteiger partial charge in [0.15, 0.2) is 0 Å². The van der Waals surface area contributed by atoms with Crippen LogP contribution in [0.25, 0.3) is 0 Å². The Morgan fingerprint density at radius 3 is 2.96 bits per heavy atom. The molecule has 0 spiro atoms. The average molecular weight is 317 g/mol. The summed E-state index contributed by atoms with van der Waals surface area (Å²) >= 11 is 0. The van der Waals surface area contributed by atoms with E-state index in [-0.39, 0.29) is 11.3 Å². The van der Waals surface area contributed by atoms with Gasteiger partial charge in [-0.25, -0.2) is 0 Å². The Morgan fingerprint density at radius 2 is 2.22 bits per heavy atom. The molecule has 23 heavy (non-hydrogen) atoms. The molecule has 0 aromatic carbocycles. The lowest BCUT2D eigenvalue weighted by Gasteiger charge is -2.28. The number of amides is 1. The van der Waals surface area contributed by atoms with E-state index in [4.69, 9.17) is 4.74 Å². The number of hydrogen-bond donors (Lipinski definition) is 0. The quantitative estimate of drug-likeness (QED) is 0.802. The maximum atomic E-state index is 12.4. The predicted molar refractivity (Wildman–Crippen MR) is 88.8 cm³/mol. The normalized spacial score (nSPS) is 26.7. The topological polar surface area (TPSA) is 45.7 Å². The van der Waals surface area contributed by atoms with E-state index in [1.54, 1.807) is 12.4 Å². The molecule has 126 valence electrons. The molecule has 2 heterocycles. The zero-order chi connectivity index (χ0) is 16.3. The predicted octanol–water partition coefficient (Wildman–Crippen LogP) is 1.79. The minimum Gasteiger partial charge on any atom is -0.376 e. The van der Waals surface area contributed by atoms with E-state index in [9.17, 15) is 4.79 Å². The smallest absolute Gasteiger partial charge is 0.236 e. The van der Waals surface area contributed by atoms with Gasteiger partial charge in [-0.15, -0.1) is 0 Å². The minimum absolute atomic E-state index is 0.176. The van der Waals surface area contributed by atoms with Gasteiger partial charge in [-0.3, -0.25) is 9.78 Å². The molecule has 1 aliphatic heterocycles. The summed E-state index contributed by atoms with van der Waals surface area (Å²) in [5.74, 6) is 0.851. The van der Waals surface area contributed by atoms with Gasteiger partial charge in [-0.1, -0.05) is 6.42 Å². The molecule has 1 aromatic rings. The summed E-state index contributed by atoms with van der Waals surface area (Å²) in [4.78, 5) is 20.4. The third-order valence-electron chi connectivity index (χ3n) is 5.25. The summed E-state index contributed by atoms with van der Waals surface area (Å²) in [5.41, 5.74) is 1.33. The molecular formula is C18H27N3O2. The van der Waals surface area contributed by atoms with Gasteiger partial charge in [0.2, 0.25) is 5.91 Å². The van der Waals surface area contributed by atoms with Crippen LogP contribution in [0.15, 0.2) is 24.5 Å². The third-order valence-corrected chi connectivity index (χ3v) is 5.25. The highest BCUT2D eigenvalue weighted by molar-refractivity contribution is 5.78. The van der Waals surface area contributed by atoms with Crippen molar-refractivity contribution in [1.82, 2.24) is 14.8 Å². The first-order valence-electron chi connectivity index (χ1n) is 8.48. The Labute approximate surface area is 138 Å². The largest absolute Gasteiger partial charge is 0.376 e. The average Bonchev–Trinajstić information content (AvgIpc) is 3.04. The fourth-order valence-electron chi connectivity index (χ4n) is 4.06. The molecule has 0 unspecified atom stereocenters. The molecule has 1 aromatic heterocycles. The standard InChI is InChI=1S/C18H27N3O2/c1-20(2)11-17(22)21-10-16-4-3-7-18(16,13-21)14-23-12-15-5-8-19-9-6-15/h5-6,8-9,16H,3-4,7,10-14H2,1-2H3/t16-,18+/m1/s1. The van der Waals surface area contributed by atoms with Crippen molar-refractivity contribution in [1.29, 1.82) is 0 Å². The van der Waals surface area contributed by atoms with Gasteiger partial charge in [-0.2, -0.15) is 0 Å². The van der Waals surface area contributed by atoms with Crippen molar-refractivity contribution in [2.45, 2.75) is 25.9 Å². The van der Waals surface area contributed by atoms with Crippen molar-refractivity contribution >= 4 is 5.91 Å². The third kappa shape index (κ3) is 3.72. The van der Waals surface area contributed by atoms with Gasteiger partial charge in [0.1, 0.15) is 0 Å². The second kappa shape index (κ2) is 6.97. The van der Waals surface area contributed by atoms with Crippen molar-refractivity contribution in [2.24, 2.45) is 11.3 Å². The van der Waals surface area contributed by atoms with Crippen molar-refractivity contribution in [3.05, 3.63) is 30.1 Å². The molecule has 1 amide bonds. The van der Waals surface area contributed by atoms with E-state index in [2.05, 4.69) is 9.88 Å². The molecule has 5 nitrogen and oxygen atoms in total. The second-order valence-electron chi connectivity index (χ2n) is 7.31. The first kappa shape index (κ1) is 16.4. The fraction of sp³-hybridized carbons (Fsp3) is 0.667. The molecule has 1 saturated heterocycles. The monoisotopic (exact) mass is 317 g/mol. The Bertz CT molecular complexity index is 534. The SMILES string of the molecule is CN(C)CC(=O)N1C[C@H]2CCC[C@@]2(COCc2ccncc2)C1. The molecule has 0 bridgehead atoms. The van der Waals surface area contributed by atoms with Gasteiger partial charge in [0, 0.05) is 30.9 Å². The van der Waals surface area contributed by atoms with Crippen LogP contribution in [-0.4, -0.2) is 61.0 Å². The number of rotatable bonds is 6. The number of carbonyl (C=O) groups excluding carboxylic acids is 1. The van der Waals surface area contributed by atoms with E-state index < -0.39 is 0 Å². The highest BCUT2D eigenvalue weighted by Crippen LogP contribution is 2.48. The number of ether oxygens (including phenoxy) is 1. The van der Waals surface area contributed by atoms with Crippen LogP contribution < -0.4 is 0 Å². The van der Waals surface area contributed by atoms with Gasteiger partial charge in [-0.05, 0) is 50.6 Å². The fourth-order valence-corrected chi connectivity index (χ4v) is 4.06. The van der Waals surface area contributed by atoms with Crippen LogP contribution in [0.1, 0.15) is 24.8 Å². The lowest BCUT2D eigenvalue weighted by molar-refractivity contribution is -0.131. The summed E-state index contributed by atoms with van der Waals surface area (Å²) in [5, 5.41) is 0. The van der Waals surface area contributed by atoms with Crippen LogP contribution in [0.4, 0.5) is 0 Å². The van der Waals surface area contributed by atoms with Crippen molar-refractivity contribution in [3.63, 3.8) is 0 Å². The van der Waals surface area contributed by atoms with Crippen LogP contribution in [0, 0.1) is 11.3 Å². The number of pyridine rings is 1. The molecular weight excluding hydrogens is 290 g/mol. The lowest BCUT2D eigenvalue weighted by atomic mass is 9.81. The van der Waals surface area contributed by atoms with Crippen LogP contribution in [0.3, 0.4) is 0 Å². The van der Waals surface area contributed by atoms with Gasteiger partial charge < -0.3 is 14.5 Å². The Morgan fingerprint density at radius 1 is 1.43 bits per heavy atom. The van der Waals surface area contributed by atoms with Gasteiger partial charge >= 0.3 is 0 Å². The Balaban J connectivity index is 1.57. The Hall–Kier alpha value is -1.46. The number of nitrogens with zero attached hydrogens (tertiary/aromatic N) is 3. The lowest BCUT2D eigenvalue weighted by Crippen LogP contribution is -2.38. The minimum atomic E-state index is 0.176. The molecule has 3 rings (SSSR count). The van der Waals surface area contributed by atoms with E-state index in [0.29, 0.717) is 19.1 Å². The van der Waals surface area contributed by atoms with Crippen molar-refractivity contribution in [2.75, 3.05) is 40.3 Å².